The topological polar surface area (TPSA) is 37.3 Å². The quantitative estimate of drug-likeness (QED) is 0.522. The van der Waals surface area contributed by atoms with Crippen LogP contribution in [-0.4, -0.2) is 16.5 Å². The molecule has 2 heteroatoms. The summed E-state index contributed by atoms with van der Waals surface area (Å²) in [6.07, 6.45) is 1.39. The molecule has 0 radical (unpaired) electrons. The zero-order valence-corrected chi connectivity index (χ0v) is 5.85. The van der Waals surface area contributed by atoms with E-state index in [1.807, 2.05) is 6.92 Å². The highest BCUT2D eigenvalue weighted by atomic mass is 16.3. The second-order valence-corrected chi connectivity index (χ2v) is 3.01. The molecule has 1 rings (SSSR count). The molecular weight excluding hydrogens is 116 g/mol. The maximum atomic E-state index is 10.9. The van der Waals surface area contributed by atoms with Crippen molar-refractivity contribution in [3.8, 4) is 0 Å². The van der Waals surface area contributed by atoms with Crippen molar-refractivity contribution >= 4 is 5.78 Å². The molecule has 0 aromatic carbocycles. The van der Waals surface area contributed by atoms with Crippen LogP contribution >= 0.6 is 0 Å². The molecule has 1 aliphatic carbocycles. The summed E-state index contributed by atoms with van der Waals surface area (Å²) in [6, 6.07) is 0. The predicted octanol–water partition coefficient (Wildman–Crippen LogP) is 0.736. The first kappa shape index (κ1) is 6.75. The lowest BCUT2D eigenvalue weighted by Gasteiger charge is -2.19. The van der Waals surface area contributed by atoms with Crippen LogP contribution in [0.2, 0.25) is 0 Å². The summed E-state index contributed by atoms with van der Waals surface area (Å²) in [6.45, 7) is 3.51. The molecule has 1 saturated carbocycles. The maximum absolute atomic E-state index is 10.9. The molecule has 0 heterocycles. The molecule has 52 valence electrons. The zero-order valence-electron chi connectivity index (χ0n) is 5.85. The summed E-state index contributed by atoms with van der Waals surface area (Å²) in [7, 11) is 0. The summed E-state index contributed by atoms with van der Waals surface area (Å²) in [5.41, 5.74) is -1.03. The van der Waals surface area contributed by atoms with Gasteiger partial charge >= 0.3 is 0 Å². The van der Waals surface area contributed by atoms with Gasteiger partial charge in [-0.05, 0) is 19.3 Å². The molecule has 0 saturated heterocycles. The normalized spacial score (nSPS) is 43.9. The van der Waals surface area contributed by atoms with Gasteiger partial charge in [-0.1, -0.05) is 6.92 Å². The van der Waals surface area contributed by atoms with Crippen molar-refractivity contribution in [2.75, 3.05) is 0 Å². The summed E-state index contributed by atoms with van der Waals surface area (Å²) < 4.78 is 0. The van der Waals surface area contributed by atoms with E-state index in [1.165, 1.54) is 0 Å². The van der Waals surface area contributed by atoms with Gasteiger partial charge in [-0.25, -0.2) is 0 Å². The zero-order chi connectivity index (χ0) is 7.07. The van der Waals surface area contributed by atoms with E-state index in [9.17, 15) is 9.90 Å². The highest BCUT2D eigenvalue weighted by molar-refractivity contribution is 5.89. The molecule has 1 N–H and O–H groups in total. The van der Waals surface area contributed by atoms with Crippen LogP contribution < -0.4 is 0 Å². The lowest BCUT2D eigenvalue weighted by atomic mass is 9.95. The van der Waals surface area contributed by atoms with Gasteiger partial charge in [0.25, 0.3) is 0 Å². The fraction of sp³-hybridized carbons (Fsp3) is 0.857. The molecule has 9 heavy (non-hydrogen) atoms. The number of Topliss-reactive ketones (excluding diaryl/α,β-unsaturated/α-hetero) is 1. The van der Waals surface area contributed by atoms with Gasteiger partial charge < -0.3 is 5.11 Å². The Bertz CT molecular complexity index is 138. The highest BCUT2D eigenvalue weighted by Crippen LogP contribution is 2.31. The summed E-state index contributed by atoms with van der Waals surface area (Å²) in [5.74, 6) is 0.139. The number of ketones is 1. The third-order valence-corrected chi connectivity index (χ3v) is 2.33. The Kier molecular flexibility index (Phi) is 1.35. The first-order chi connectivity index (χ1) is 4.05. The maximum Gasteiger partial charge on any atom is 0.164 e. The van der Waals surface area contributed by atoms with Crippen molar-refractivity contribution < 1.29 is 9.90 Å². The average molecular weight is 128 g/mol. The van der Waals surface area contributed by atoms with Gasteiger partial charge in [-0.2, -0.15) is 0 Å². The van der Waals surface area contributed by atoms with E-state index in [2.05, 4.69) is 0 Å². The van der Waals surface area contributed by atoms with E-state index in [4.69, 9.17) is 0 Å². The Balaban J connectivity index is 2.78. The van der Waals surface area contributed by atoms with Crippen LogP contribution in [0.1, 0.15) is 26.7 Å². The second-order valence-electron chi connectivity index (χ2n) is 3.01. The number of rotatable bonds is 0. The van der Waals surface area contributed by atoms with Crippen molar-refractivity contribution in [2.45, 2.75) is 32.3 Å². The van der Waals surface area contributed by atoms with Gasteiger partial charge in [0.15, 0.2) is 5.78 Å². The van der Waals surface area contributed by atoms with E-state index < -0.39 is 5.60 Å². The second kappa shape index (κ2) is 1.81. The lowest BCUT2D eigenvalue weighted by Crippen LogP contribution is -2.34. The average Bonchev–Trinajstić information content (AvgIpc) is 1.96. The summed E-state index contributed by atoms with van der Waals surface area (Å²) in [4.78, 5) is 10.9. The van der Waals surface area contributed by atoms with Crippen molar-refractivity contribution in [1.82, 2.24) is 0 Å². The Morgan fingerprint density at radius 2 is 2.33 bits per heavy atom. The number of carbonyl (C=O) groups is 1. The predicted molar refractivity (Wildman–Crippen MR) is 34.0 cm³/mol. The van der Waals surface area contributed by atoms with Crippen LogP contribution in [0.3, 0.4) is 0 Å². The molecule has 0 bridgehead atoms. The first-order valence-electron chi connectivity index (χ1n) is 3.31. The van der Waals surface area contributed by atoms with E-state index in [1.54, 1.807) is 6.92 Å². The molecule has 0 aromatic heterocycles. The van der Waals surface area contributed by atoms with Gasteiger partial charge in [-0.15, -0.1) is 0 Å². The molecule has 0 aromatic rings. The standard InChI is InChI=1S/C7H12O2/c1-5-3-4-6(8)7(5,2)9/h5,9H,3-4H2,1-2H3. The molecule has 2 unspecified atom stereocenters. The lowest BCUT2D eigenvalue weighted by molar-refractivity contribution is -0.134. The highest BCUT2D eigenvalue weighted by Gasteiger charge is 2.41. The Labute approximate surface area is 54.9 Å². The Hall–Kier alpha value is -0.370. The number of carbonyl (C=O) groups excluding carboxylic acids is 1. The molecule has 2 nitrogen and oxygen atoms in total. The molecule has 2 atom stereocenters. The van der Waals surface area contributed by atoms with E-state index >= 15 is 0 Å². The molecule has 0 spiro atoms. The minimum Gasteiger partial charge on any atom is -0.382 e. The van der Waals surface area contributed by atoms with Crippen molar-refractivity contribution in [3.05, 3.63) is 0 Å². The van der Waals surface area contributed by atoms with Crippen molar-refractivity contribution in [1.29, 1.82) is 0 Å². The number of hydrogen-bond acceptors (Lipinski definition) is 2. The summed E-state index contributed by atoms with van der Waals surface area (Å²) >= 11 is 0. The van der Waals surface area contributed by atoms with Gasteiger partial charge in [0.2, 0.25) is 0 Å². The van der Waals surface area contributed by atoms with Crippen LogP contribution in [0.15, 0.2) is 0 Å². The molecule has 1 fully saturated rings. The fourth-order valence-corrected chi connectivity index (χ4v) is 1.16. The van der Waals surface area contributed by atoms with Crippen LogP contribution in [0.5, 0.6) is 0 Å². The van der Waals surface area contributed by atoms with Gasteiger partial charge in [0, 0.05) is 6.42 Å². The largest absolute Gasteiger partial charge is 0.382 e. The van der Waals surface area contributed by atoms with E-state index in [-0.39, 0.29) is 11.7 Å². The van der Waals surface area contributed by atoms with Crippen LogP contribution in [0.4, 0.5) is 0 Å². The van der Waals surface area contributed by atoms with Crippen LogP contribution in [0.25, 0.3) is 0 Å². The molecule has 1 aliphatic rings. The Morgan fingerprint density at radius 3 is 2.44 bits per heavy atom. The smallest absolute Gasteiger partial charge is 0.164 e. The van der Waals surface area contributed by atoms with Crippen LogP contribution in [0, 0.1) is 5.92 Å². The molecule has 0 amide bonds. The van der Waals surface area contributed by atoms with Crippen molar-refractivity contribution in [2.24, 2.45) is 5.92 Å². The third kappa shape index (κ3) is 0.874. The molecular formula is C7H12O2. The van der Waals surface area contributed by atoms with Gasteiger partial charge in [0.05, 0.1) is 0 Å². The first-order valence-corrected chi connectivity index (χ1v) is 3.31. The fourth-order valence-electron chi connectivity index (χ4n) is 1.16. The SMILES string of the molecule is CC1CCC(=O)C1(C)O. The third-order valence-electron chi connectivity index (χ3n) is 2.33. The minimum absolute atomic E-state index is 0.00463. The van der Waals surface area contributed by atoms with Gasteiger partial charge in [-0.3, -0.25) is 4.79 Å². The minimum atomic E-state index is -1.03. The monoisotopic (exact) mass is 128 g/mol. The van der Waals surface area contributed by atoms with E-state index in [0.717, 1.165) is 6.42 Å². The molecule has 0 aliphatic heterocycles. The van der Waals surface area contributed by atoms with Crippen molar-refractivity contribution in [3.63, 3.8) is 0 Å². The number of aliphatic hydroxyl groups is 1. The van der Waals surface area contributed by atoms with Crippen LogP contribution in [-0.2, 0) is 4.79 Å². The Morgan fingerprint density at radius 1 is 1.78 bits per heavy atom. The summed E-state index contributed by atoms with van der Waals surface area (Å²) in [5, 5.41) is 9.38. The van der Waals surface area contributed by atoms with E-state index in [0.29, 0.717) is 6.42 Å². The number of hydrogen-bond donors (Lipinski definition) is 1. The van der Waals surface area contributed by atoms with Gasteiger partial charge in [0.1, 0.15) is 5.60 Å².